The van der Waals surface area contributed by atoms with E-state index in [4.69, 9.17) is 14.0 Å². The van der Waals surface area contributed by atoms with Crippen LogP contribution >= 0.6 is 0 Å². The van der Waals surface area contributed by atoms with Crippen LogP contribution in [0, 0.1) is 13.8 Å². The number of hydrogen-bond donors (Lipinski definition) is 0. The van der Waals surface area contributed by atoms with Crippen molar-refractivity contribution in [3.63, 3.8) is 0 Å². The van der Waals surface area contributed by atoms with Gasteiger partial charge in [-0.1, -0.05) is 0 Å². The van der Waals surface area contributed by atoms with Crippen molar-refractivity contribution in [1.82, 2.24) is 9.78 Å². The zero-order chi connectivity index (χ0) is 17.2. The molecule has 2 heterocycles. The summed E-state index contributed by atoms with van der Waals surface area (Å²) < 4.78 is 19.1. The molecule has 0 aromatic carbocycles. The average molecular weight is 320 g/mol. The van der Waals surface area contributed by atoms with Crippen LogP contribution in [-0.4, -0.2) is 41.2 Å². The largest absolute Gasteiger partial charge is 0.498 e. The van der Waals surface area contributed by atoms with Gasteiger partial charge in [0.15, 0.2) is 5.54 Å². The van der Waals surface area contributed by atoms with Crippen molar-refractivity contribution in [2.45, 2.75) is 71.1 Å². The summed E-state index contributed by atoms with van der Waals surface area (Å²) in [5, 5.41) is 4.61. The maximum absolute atomic E-state index is 12.2. The molecule has 0 spiro atoms. The Hall–Kier alpha value is -1.34. The van der Waals surface area contributed by atoms with Gasteiger partial charge in [-0.2, -0.15) is 5.10 Å². The Labute approximate surface area is 137 Å². The van der Waals surface area contributed by atoms with E-state index < -0.39 is 23.9 Å². The van der Waals surface area contributed by atoms with E-state index in [1.807, 2.05) is 41.5 Å². The van der Waals surface area contributed by atoms with E-state index in [-0.39, 0.29) is 5.97 Å². The van der Waals surface area contributed by atoms with Crippen LogP contribution in [0.3, 0.4) is 0 Å². The molecule has 7 heteroatoms. The first-order valence-corrected chi connectivity index (χ1v) is 8.06. The molecular formula is C16H25BN2O4. The molecule has 1 saturated carbocycles. The molecule has 126 valence electrons. The highest BCUT2D eigenvalue weighted by molar-refractivity contribution is 6.63. The lowest BCUT2D eigenvalue weighted by Crippen LogP contribution is -2.41. The molecular weight excluding hydrogens is 295 g/mol. The Morgan fingerprint density at radius 1 is 1.17 bits per heavy atom. The van der Waals surface area contributed by atoms with Gasteiger partial charge in [0, 0.05) is 11.2 Å². The van der Waals surface area contributed by atoms with Crippen molar-refractivity contribution in [2.24, 2.45) is 0 Å². The van der Waals surface area contributed by atoms with Crippen LogP contribution in [0.4, 0.5) is 0 Å². The summed E-state index contributed by atoms with van der Waals surface area (Å²) in [6.07, 6.45) is 1.51. The lowest BCUT2D eigenvalue weighted by atomic mass is 9.77. The SMILES string of the molecule is COC(=O)C1(n2nc(C)c(B3OC(C)(C)C(C)(C)O3)c2C)CC1. The van der Waals surface area contributed by atoms with E-state index in [1.165, 1.54) is 7.11 Å². The molecule has 0 bridgehead atoms. The first kappa shape index (κ1) is 16.5. The van der Waals surface area contributed by atoms with Crippen molar-refractivity contribution in [3.05, 3.63) is 11.4 Å². The van der Waals surface area contributed by atoms with Gasteiger partial charge < -0.3 is 14.0 Å². The fourth-order valence-corrected chi connectivity index (χ4v) is 3.18. The number of hydrogen-bond acceptors (Lipinski definition) is 5. The number of esters is 1. The highest BCUT2D eigenvalue weighted by Crippen LogP contribution is 2.45. The monoisotopic (exact) mass is 320 g/mol. The Morgan fingerprint density at radius 3 is 2.13 bits per heavy atom. The molecule has 2 fully saturated rings. The van der Waals surface area contributed by atoms with Crippen molar-refractivity contribution < 1.29 is 18.8 Å². The van der Waals surface area contributed by atoms with Gasteiger partial charge in [0.2, 0.25) is 0 Å². The van der Waals surface area contributed by atoms with Gasteiger partial charge in [-0.15, -0.1) is 0 Å². The van der Waals surface area contributed by atoms with Crippen LogP contribution in [0.5, 0.6) is 0 Å². The molecule has 0 amide bonds. The number of aromatic nitrogens is 2. The van der Waals surface area contributed by atoms with Gasteiger partial charge in [0.1, 0.15) is 0 Å². The molecule has 0 radical (unpaired) electrons. The third-order valence-corrected chi connectivity index (χ3v) is 5.53. The zero-order valence-corrected chi connectivity index (χ0v) is 15.0. The third-order valence-electron chi connectivity index (χ3n) is 5.53. The molecule has 1 aromatic heterocycles. The minimum absolute atomic E-state index is 0.233. The van der Waals surface area contributed by atoms with Gasteiger partial charge >= 0.3 is 13.1 Å². The van der Waals surface area contributed by atoms with Gasteiger partial charge in [0.25, 0.3) is 0 Å². The Balaban J connectivity index is 1.99. The minimum Gasteiger partial charge on any atom is -0.467 e. The smallest absolute Gasteiger partial charge is 0.467 e. The number of nitrogens with zero attached hydrogens (tertiary/aromatic N) is 2. The lowest BCUT2D eigenvalue weighted by Gasteiger charge is -2.32. The Morgan fingerprint density at radius 2 is 1.70 bits per heavy atom. The number of carbonyl (C=O) groups is 1. The first-order valence-electron chi connectivity index (χ1n) is 8.06. The minimum atomic E-state index is -0.647. The second kappa shape index (κ2) is 4.83. The third kappa shape index (κ3) is 2.24. The number of aryl methyl sites for hydroxylation is 1. The topological polar surface area (TPSA) is 62.6 Å². The molecule has 23 heavy (non-hydrogen) atoms. The predicted molar refractivity (Wildman–Crippen MR) is 86.6 cm³/mol. The van der Waals surface area contributed by atoms with Crippen LogP contribution in [-0.2, 0) is 24.4 Å². The predicted octanol–water partition coefficient (Wildman–Crippen LogP) is 1.46. The van der Waals surface area contributed by atoms with Crippen molar-refractivity contribution in [2.75, 3.05) is 7.11 Å². The number of ether oxygens (including phenoxy) is 1. The van der Waals surface area contributed by atoms with E-state index in [1.54, 1.807) is 4.68 Å². The molecule has 3 rings (SSSR count). The summed E-state index contributed by atoms with van der Waals surface area (Å²) in [5.41, 5.74) is 1.20. The zero-order valence-electron chi connectivity index (χ0n) is 15.0. The lowest BCUT2D eigenvalue weighted by molar-refractivity contribution is -0.146. The van der Waals surface area contributed by atoms with Gasteiger partial charge in [-0.25, -0.2) is 4.79 Å². The molecule has 1 saturated heterocycles. The second-order valence-corrected chi connectivity index (χ2v) is 7.61. The molecule has 6 nitrogen and oxygen atoms in total. The fourth-order valence-electron chi connectivity index (χ4n) is 3.18. The highest BCUT2D eigenvalue weighted by atomic mass is 16.7. The molecule has 0 atom stereocenters. The van der Waals surface area contributed by atoms with Crippen LogP contribution < -0.4 is 5.46 Å². The van der Waals surface area contributed by atoms with E-state index in [0.717, 1.165) is 29.7 Å². The number of methoxy groups -OCH3 is 1. The van der Waals surface area contributed by atoms with Gasteiger partial charge in [-0.3, -0.25) is 4.68 Å². The van der Waals surface area contributed by atoms with E-state index in [9.17, 15) is 4.79 Å². The summed E-state index contributed by atoms with van der Waals surface area (Å²) in [6.45, 7) is 12.0. The van der Waals surface area contributed by atoms with Crippen LogP contribution in [0.2, 0.25) is 0 Å². The highest BCUT2D eigenvalue weighted by Gasteiger charge is 2.57. The van der Waals surface area contributed by atoms with Crippen molar-refractivity contribution >= 4 is 18.6 Å². The second-order valence-electron chi connectivity index (χ2n) is 7.61. The van der Waals surface area contributed by atoms with E-state index >= 15 is 0 Å². The number of carbonyl (C=O) groups excluding carboxylic acids is 1. The summed E-state index contributed by atoms with van der Waals surface area (Å²) >= 11 is 0. The fraction of sp³-hybridized carbons (Fsp3) is 0.750. The maximum atomic E-state index is 12.2. The van der Waals surface area contributed by atoms with Crippen molar-refractivity contribution in [1.29, 1.82) is 0 Å². The molecule has 0 unspecified atom stereocenters. The van der Waals surface area contributed by atoms with Gasteiger partial charge in [0.05, 0.1) is 24.0 Å². The molecule has 1 aliphatic carbocycles. The summed E-state index contributed by atoms with van der Waals surface area (Å²) in [5.74, 6) is -0.233. The van der Waals surface area contributed by atoms with E-state index in [2.05, 4.69) is 5.10 Å². The molecule has 1 aliphatic heterocycles. The quantitative estimate of drug-likeness (QED) is 0.623. The average Bonchev–Trinajstić information content (AvgIpc) is 3.13. The number of rotatable bonds is 3. The summed E-state index contributed by atoms with van der Waals surface area (Å²) in [7, 11) is 0.950. The normalized spacial score (nSPS) is 23.9. The van der Waals surface area contributed by atoms with E-state index in [0.29, 0.717) is 0 Å². The Kier molecular flexibility index (Phi) is 3.47. The summed E-state index contributed by atoms with van der Waals surface area (Å²) in [4.78, 5) is 12.2. The Bertz CT molecular complexity index is 645. The molecule has 2 aliphatic rings. The van der Waals surface area contributed by atoms with Crippen LogP contribution in [0.15, 0.2) is 0 Å². The van der Waals surface area contributed by atoms with Crippen LogP contribution in [0.25, 0.3) is 0 Å². The molecule has 1 aromatic rings. The summed E-state index contributed by atoms with van der Waals surface area (Å²) in [6, 6.07) is 0. The van der Waals surface area contributed by atoms with Crippen LogP contribution in [0.1, 0.15) is 51.9 Å². The van der Waals surface area contributed by atoms with Crippen molar-refractivity contribution in [3.8, 4) is 0 Å². The van der Waals surface area contributed by atoms with Gasteiger partial charge in [-0.05, 0) is 54.4 Å². The standard InChI is InChI=1S/C16H25BN2O4/c1-10-12(17-22-14(3,4)15(5,6)23-17)11(2)19(18-10)16(8-9-16)13(20)21-7/h8-9H2,1-7H3. The maximum Gasteiger partial charge on any atom is 0.498 e. The molecule has 0 N–H and O–H groups in total. The first-order chi connectivity index (χ1) is 10.6.